The average molecular weight is 286 g/mol. The van der Waals surface area contributed by atoms with E-state index >= 15 is 0 Å². The fraction of sp³-hybridized carbons (Fsp3) is 0.583. The fourth-order valence-electron chi connectivity index (χ4n) is 1.55. The van der Waals surface area contributed by atoms with Gasteiger partial charge in [-0.3, -0.25) is 4.79 Å². The molecular weight excluding hydrogens is 264 g/mol. The van der Waals surface area contributed by atoms with E-state index in [1.165, 1.54) is 11.3 Å². The van der Waals surface area contributed by atoms with Gasteiger partial charge < -0.3 is 26.0 Å². The van der Waals surface area contributed by atoms with Gasteiger partial charge in [-0.05, 0) is 21.0 Å². The predicted octanol–water partition coefficient (Wildman–Crippen LogP) is 1.06. The number of nitrogen functional groups attached to an aromatic ring is 1. The molecule has 0 aliphatic heterocycles. The highest BCUT2D eigenvalue weighted by Crippen LogP contribution is 2.42. The molecule has 6 nitrogen and oxygen atoms in total. The van der Waals surface area contributed by atoms with Gasteiger partial charge in [-0.25, -0.2) is 0 Å². The zero-order valence-corrected chi connectivity index (χ0v) is 12.7. The molecule has 1 aromatic heterocycles. The second kappa shape index (κ2) is 7.20. The molecule has 1 rings (SSSR count). The molecule has 0 aliphatic carbocycles. The van der Waals surface area contributed by atoms with Gasteiger partial charge in [0.2, 0.25) is 0 Å². The van der Waals surface area contributed by atoms with Crippen molar-refractivity contribution in [3.8, 4) is 5.75 Å². The van der Waals surface area contributed by atoms with Gasteiger partial charge in [-0.2, -0.15) is 0 Å². The molecule has 0 aromatic carbocycles. The monoisotopic (exact) mass is 286 g/mol. The van der Waals surface area contributed by atoms with Crippen LogP contribution in [0.4, 0.5) is 10.7 Å². The van der Waals surface area contributed by atoms with Crippen molar-refractivity contribution in [1.82, 2.24) is 10.2 Å². The summed E-state index contributed by atoms with van der Waals surface area (Å²) in [6, 6.07) is 0. The third-order valence-electron chi connectivity index (χ3n) is 2.49. The van der Waals surface area contributed by atoms with Crippen LogP contribution in [0.25, 0.3) is 0 Å². The summed E-state index contributed by atoms with van der Waals surface area (Å²) in [5.41, 5.74) is 6.35. The molecule has 7 heteroatoms. The fourth-order valence-corrected chi connectivity index (χ4v) is 2.58. The Labute approximate surface area is 117 Å². The zero-order chi connectivity index (χ0) is 14.4. The topological polar surface area (TPSA) is 79.6 Å². The van der Waals surface area contributed by atoms with Crippen LogP contribution in [0.5, 0.6) is 5.75 Å². The number of nitrogens with one attached hydrogen (secondary N) is 2. The zero-order valence-electron chi connectivity index (χ0n) is 11.9. The Morgan fingerprint density at radius 2 is 2.16 bits per heavy atom. The van der Waals surface area contributed by atoms with Crippen LogP contribution in [0.1, 0.15) is 16.6 Å². The van der Waals surface area contributed by atoms with Crippen LogP contribution in [0.2, 0.25) is 0 Å². The van der Waals surface area contributed by atoms with Gasteiger partial charge in [0.1, 0.15) is 15.6 Å². The summed E-state index contributed by atoms with van der Waals surface area (Å²) in [5, 5.41) is 6.78. The lowest BCUT2D eigenvalue weighted by atomic mass is 10.3. The van der Waals surface area contributed by atoms with Crippen LogP contribution in [0, 0.1) is 0 Å². The molecule has 1 amide bonds. The van der Waals surface area contributed by atoms with Crippen molar-refractivity contribution >= 4 is 27.9 Å². The number of carbonyl (C=O) groups is 1. The Hall–Kier alpha value is -1.47. The minimum Gasteiger partial charge on any atom is -0.492 e. The molecule has 0 spiro atoms. The smallest absolute Gasteiger partial charge is 0.263 e. The lowest BCUT2D eigenvalue weighted by Crippen LogP contribution is -2.22. The quantitative estimate of drug-likeness (QED) is 0.698. The molecule has 19 heavy (non-hydrogen) atoms. The van der Waals surface area contributed by atoms with E-state index in [2.05, 4.69) is 15.5 Å². The molecule has 4 N–H and O–H groups in total. The number of thiophene rings is 1. The summed E-state index contributed by atoms with van der Waals surface area (Å²) in [5.74, 6) is 0.383. The first-order valence-corrected chi connectivity index (χ1v) is 6.95. The van der Waals surface area contributed by atoms with E-state index in [4.69, 9.17) is 10.5 Å². The normalized spacial score (nSPS) is 10.6. The van der Waals surface area contributed by atoms with Gasteiger partial charge in [0.25, 0.3) is 5.91 Å². The summed E-state index contributed by atoms with van der Waals surface area (Å²) < 4.78 is 5.27. The highest BCUT2D eigenvalue weighted by atomic mass is 32.1. The molecule has 0 saturated heterocycles. The van der Waals surface area contributed by atoms with Crippen molar-refractivity contribution in [2.24, 2.45) is 0 Å². The standard InChI is InChI=1S/C12H22N4O2S/c1-5-14-11(17)10-8(13)9(18-4)12(19-10)15-6-7-16(2)3/h15H,5-7,13H2,1-4H3,(H,14,17). The summed E-state index contributed by atoms with van der Waals surface area (Å²) in [7, 11) is 5.56. The van der Waals surface area contributed by atoms with Gasteiger partial charge in [-0.1, -0.05) is 0 Å². The van der Waals surface area contributed by atoms with Crippen LogP contribution < -0.4 is 21.1 Å². The minimum atomic E-state index is -0.163. The van der Waals surface area contributed by atoms with E-state index in [-0.39, 0.29) is 5.91 Å². The van der Waals surface area contributed by atoms with E-state index in [9.17, 15) is 4.79 Å². The number of methoxy groups -OCH3 is 1. The van der Waals surface area contributed by atoms with E-state index in [1.54, 1.807) is 7.11 Å². The van der Waals surface area contributed by atoms with Gasteiger partial charge in [-0.15, -0.1) is 11.3 Å². The number of carbonyl (C=O) groups excluding carboxylic acids is 1. The van der Waals surface area contributed by atoms with Crippen LogP contribution >= 0.6 is 11.3 Å². The number of likely N-dealkylation sites (N-methyl/N-ethyl adjacent to an activating group) is 1. The minimum absolute atomic E-state index is 0.163. The highest BCUT2D eigenvalue weighted by Gasteiger charge is 2.21. The molecule has 108 valence electrons. The maximum Gasteiger partial charge on any atom is 0.263 e. The molecule has 0 bridgehead atoms. The summed E-state index contributed by atoms with van der Waals surface area (Å²) in [4.78, 5) is 14.4. The van der Waals surface area contributed by atoms with E-state index < -0.39 is 0 Å². The molecular formula is C12H22N4O2S. The number of nitrogens with two attached hydrogens (primary N) is 1. The van der Waals surface area contributed by atoms with Crippen molar-refractivity contribution in [3.63, 3.8) is 0 Å². The second-order valence-corrected chi connectivity index (χ2v) is 5.32. The largest absolute Gasteiger partial charge is 0.492 e. The molecule has 1 aromatic rings. The number of hydrogen-bond donors (Lipinski definition) is 3. The van der Waals surface area contributed by atoms with Crippen molar-refractivity contribution < 1.29 is 9.53 Å². The van der Waals surface area contributed by atoms with Gasteiger partial charge in [0, 0.05) is 19.6 Å². The van der Waals surface area contributed by atoms with Gasteiger partial charge >= 0.3 is 0 Å². The summed E-state index contributed by atoms with van der Waals surface area (Å²) in [6.45, 7) is 4.09. The number of anilines is 2. The number of hydrogen-bond acceptors (Lipinski definition) is 6. The molecule has 0 radical (unpaired) electrons. The Kier molecular flexibility index (Phi) is 5.91. The van der Waals surface area contributed by atoms with Crippen LogP contribution in [-0.2, 0) is 0 Å². The lowest BCUT2D eigenvalue weighted by molar-refractivity contribution is 0.0960. The first-order valence-electron chi connectivity index (χ1n) is 6.14. The Bertz CT molecular complexity index is 432. The van der Waals surface area contributed by atoms with Crippen molar-refractivity contribution in [2.75, 3.05) is 51.9 Å². The van der Waals surface area contributed by atoms with Crippen LogP contribution in [-0.4, -0.2) is 51.6 Å². The average Bonchev–Trinajstić information content (AvgIpc) is 2.65. The van der Waals surface area contributed by atoms with E-state index in [0.717, 1.165) is 18.1 Å². The number of amides is 1. The third-order valence-corrected chi connectivity index (χ3v) is 3.64. The Balaban J connectivity index is 2.86. The number of rotatable bonds is 7. The maximum atomic E-state index is 11.9. The lowest BCUT2D eigenvalue weighted by Gasteiger charge is -2.11. The number of nitrogens with zero attached hydrogens (tertiary/aromatic N) is 1. The first kappa shape index (κ1) is 15.6. The molecule has 0 saturated carbocycles. The van der Waals surface area contributed by atoms with Crippen LogP contribution in [0.3, 0.4) is 0 Å². The summed E-state index contributed by atoms with van der Waals surface area (Å²) in [6.07, 6.45) is 0. The second-order valence-electron chi connectivity index (χ2n) is 4.30. The van der Waals surface area contributed by atoms with E-state index in [0.29, 0.717) is 22.9 Å². The van der Waals surface area contributed by atoms with Crippen molar-refractivity contribution in [3.05, 3.63) is 4.88 Å². The third kappa shape index (κ3) is 4.00. The van der Waals surface area contributed by atoms with Crippen molar-refractivity contribution in [1.29, 1.82) is 0 Å². The van der Waals surface area contributed by atoms with Gasteiger partial charge in [0.05, 0.1) is 7.11 Å². The molecule has 1 heterocycles. The molecule has 0 atom stereocenters. The molecule has 0 fully saturated rings. The van der Waals surface area contributed by atoms with Crippen LogP contribution in [0.15, 0.2) is 0 Å². The maximum absolute atomic E-state index is 11.9. The Morgan fingerprint density at radius 3 is 2.68 bits per heavy atom. The van der Waals surface area contributed by atoms with Gasteiger partial charge in [0.15, 0.2) is 5.75 Å². The predicted molar refractivity (Wildman–Crippen MR) is 80.3 cm³/mol. The van der Waals surface area contributed by atoms with Crippen molar-refractivity contribution in [2.45, 2.75) is 6.92 Å². The SMILES string of the molecule is CCNC(=O)c1sc(NCCN(C)C)c(OC)c1N. The number of ether oxygens (including phenoxy) is 1. The summed E-state index contributed by atoms with van der Waals surface area (Å²) >= 11 is 1.32. The van der Waals surface area contributed by atoms with E-state index in [1.807, 2.05) is 21.0 Å². The highest BCUT2D eigenvalue weighted by molar-refractivity contribution is 7.19. The molecule has 0 unspecified atom stereocenters. The Morgan fingerprint density at radius 1 is 1.47 bits per heavy atom. The first-order chi connectivity index (χ1) is 9.01. The molecule has 0 aliphatic rings.